The van der Waals surface area contributed by atoms with Gasteiger partial charge in [-0.3, -0.25) is 10.2 Å². The monoisotopic (exact) mass is 308 g/mol. The molecule has 0 aromatic heterocycles. The summed E-state index contributed by atoms with van der Waals surface area (Å²) in [6, 6.07) is 13.9. The molecule has 102 valence electrons. The number of hydrogen-bond donors (Lipinski definition) is 1. The highest BCUT2D eigenvalue weighted by Crippen LogP contribution is 2.20. The maximum absolute atomic E-state index is 11.5. The Hall–Kier alpha value is -2.04. The van der Waals surface area contributed by atoms with E-state index in [2.05, 4.69) is 15.3 Å². The molecule has 6 heteroatoms. The second-order valence-corrected chi connectivity index (χ2v) is 4.55. The van der Waals surface area contributed by atoms with E-state index in [0.29, 0.717) is 21.3 Å². The lowest BCUT2D eigenvalue weighted by molar-refractivity contribution is 0.167. The standard InChI is InChI=1S/C14H10Cl2N2O2/c15-11-6-2-1-5-10(11)9-17-20-14(19)18-13-8-4-3-7-12(13)16/h1-9H,(H,18,19)/b17-9-. The summed E-state index contributed by atoms with van der Waals surface area (Å²) in [5, 5.41) is 6.97. The zero-order chi connectivity index (χ0) is 14.4. The lowest BCUT2D eigenvalue weighted by atomic mass is 10.2. The van der Waals surface area contributed by atoms with Gasteiger partial charge in [-0.1, -0.05) is 58.7 Å². The minimum Gasteiger partial charge on any atom is -0.298 e. The molecule has 2 rings (SSSR count). The fourth-order valence-electron chi connectivity index (χ4n) is 1.41. The Kier molecular flexibility index (Phi) is 4.98. The first kappa shape index (κ1) is 14.4. The molecule has 0 atom stereocenters. The number of anilines is 1. The van der Waals surface area contributed by atoms with Crippen LogP contribution in [-0.4, -0.2) is 12.3 Å². The Labute approximate surface area is 125 Å². The van der Waals surface area contributed by atoms with Crippen LogP contribution in [0.5, 0.6) is 0 Å². The van der Waals surface area contributed by atoms with Crippen LogP contribution in [0.1, 0.15) is 5.56 Å². The van der Waals surface area contributed by atoms with Crippen LogP contribution in [0.3, 0.4) is 0 Å². The molecule has 0 radical (unpaired) electrons. The van der Waals surface area contributed by atoms with Crippen molar-refractivity contribution >= 4 is 41.2 Å². The van der Waals surface area contributed by atoms with Gasteiger partial charge < -0.3 is 0 Å². The Morgan fingerprint density at radius 3 is 2.40 bits per heavy atom. The number of halogens is 2. The Balaban J connectivity index is 1.93. The molecule has 0 saturated carbocycles. The maximum atomic E-state index is 11.5. The van der Waals surface area contributed by atoms with E-state index in [1.807, 2.05) is 0 Å². The molecule has 1 N–H and O–H groups in total. The predicted molar refractivity (Wildman–Crippen MR) is 80.6 cm³/mol. The highest BCUT2D eigenvalue weighted by atomic mass is 35.5. The van der Waals surface area contributed by atoms with Crippen LogP contribution < -0.4 is 5.32 Å². The topological polar surface area (TPSA) is 50.7 Å². The number of amides is 1. The molecule has 0 fully saturated rings. The van der Waals surface area contributed by atoms with Crippen LogP contribution in [0, 0.1) is 0 Å². The lowest BCUT2D eigenvalue weighted by Gasteiger charge is -2.04. The number of benzene rings is 2. The number of nitrogens with zero attached hydrogens (tertiary/aromatic N) is 1. The zero-order valence-electron chi connectivity index (χ0n) is 10.2. The van der Waals surface area contributed by atoms with Gasteiger partial charge in [0.15, 0.2) is 0 Å². The van der Waals surface area contributed by atoms with Crippen LogP contribution in [0.25, 0.3) is 0 Å². The Morgan fingerprint density at radius 1 is 1.05 bits per heavy atom. The first-order chi connectivity index (χ1) is 9.66. The van der Waals surface area contributed by atoms with Crippen LogP contribution in [0.15, 0.2) is 53.7 Å². The van der Waals surface area contributed by atoms with E-state index in [4.69, 9.17) is 23.2 Å². The Bertz CT molecular complexity index is 645. The summed E-state index contributed by atoms with van der Waals surface area (Å²) < 4.78 is 0. The summed E-state index contributed by atoms with van der Waals surface area (Å²) in [6.07, 6.45) is 0.621. The van der Waals surface area contributed by atoms with Crippen LogP contribution in [0.4, 0.5) is 10.5 Å². The SMILES string of the molecule is O=C(Nc1ccccc1Cl)O/N=C\c1ccccc1Cl. The molecule has 0 aliphatic rings. The van der Waals surface area contributed by atoms with Crippen LogP contribution in [0.2, 0.25) is 10.0 Å². The fourth-order valence-corrected chi connectivity index (χ4v) is 1.77. The average Bonchev–Trinajstić information content (AvgIpc) is 2.43. The molecule has 0 bridgehead atoms. The number of hydrogen-bond acceptors (Lipinski definition) is 3. The first-order valence-corrected chi connectivity index (χ1v) is 6.43. The van der Waals surface area contributed by atoms with Crippen molar-refractivity contribution in [3.63, 3.8) is 0 Å². The fraction of sp³-hybridized carbons (Fsp3) is 0. The smallest absolute Gasteiger partial charge is 0.298 e. The maximum Gasteiger partial charge on any atom is 0.437 e. The van der Waals surface area contributed by atoms with Gasteiger partial charge in [-0.15, -0.1) is 0 Å². The molecule has 0 spiro atoms. The minimum atomic E-state index is -0.735. The predicted octanol–water partition coefficient (Wildman–Crippen LogP) is 4.58. The molecule has 0 heterocycles. The van der Waals surface area contributed by atoms with Crippen molar-refractivity contribution in [2.24, 2.45) is 5.16 Å². The van der Waals surface area contributed by atoms with E-state index in [-0.39, 0.29) is 0 Å². The molecule has 0 saturated heterocycles. The van der Waals surface area contributed by atoms with Crippen molar-refractivity contribution < 1.29 is 9.63 Å². The molecular formula is C14H10Cl2N2O2. The van der Waals surface area contributed by atoms with Crippen LogP contribution in [-0.2, 0) is 4.84 Å². The van der Waals surface area contributed by atoms with Crippen molar-refractivity contribution in [1.82, 2.24) is 0 Å². The van der Waals surface area contributed by atoms with Crippen molar-refractivity contribution in [3.05, 3.63) is 64.1 Å². The van der Waals surface area contributed by atoms with E-state index in [1.165, 1.54) is 6.21 Å². The Morgan fingerprint density at radius 2 is 1.70 bits per heavy atom. The largest absolute Gasteiger partial charge is 0.437 e. The zero-order valence-corrected chi connectivity index (χ0v) is 11.7. The van der Waals surface area contributed by atoms with Gasteiger partial charge in [0.25, 0.3) is 0 Å². The first-order valence-electron chi connectivity index (χ1n) is 5.67. The van der Waals surface area contributed by atoms with Gasteiger partial charge >= 0.3 is 6.09 Å². The van der Waals surface area contributed by atoms with Gasteiger partial charge in [0.2, 0.25) is 0 Å². The second kappa shape index (κ2) is 6.93. The number of carbonyl (C=O) groups is 1. The second-order valence-electron chi connectivity index (χ2n) is 3.74. The van der Waals surface area contributed by atoms with E-state index in [0.717, 1.165) is 0 Å². The highest BCUT2D eigenvalue weighted by molar-refractivity contribution is 6.33. The molecule has 20 heavy (non-hydrogen) atoms. The summed E-state index contributed by atoms with van der Waals surface area (Å²) >= 11 is 11.8. The van der Waals surface area contributed by atoms with Gasteiger partial charge in [0, 0.05) is 10.6 Å². The van der Waals surface area contributed by atoms with Gasteiger partial charge in [-0.25, -0.2) is 4.79 Å². The van der Waals surface area contributed by atoms with Crippen molar-refractivity contribution in [1.29, 1.82) is 0 Å². The molecule has 2 aromatic carbocycles. The third kappa shape index (κ3) is 3.98. The number of para-hydroxylation sites is 1. The summed E-state index contributed by atoms with van der Waals surface area (Å²) in [7, 11) is 0. The normalized spacial score (nSPS) is 10.5. The van der Waals surface area contributed by atoms with Gasteiger partial charge in [0.1, 0.15) is 0 Å². The number of carbonyl (C=O) groups excluding carboxylic acids is 1. The molecule has 0 aliphatic heterocycles. The van der Waals surface area contributed by atoms with Crippen molar-refractivity contribution in [2.75, 3.05) is 5.32 Å². The van der Waals surface area contributed by atoms with E-state index < -0.39 is 6.09 Å². The number of oxime groups is 1. The van der Waals surface area contributed by atoms with Gasteiger partial charge in [-0.05, 0) is 18.2 Å². The van der Waals surface area contributed by atoms with E-state index in [1.54, 1.807) is 48.5 Å². The van der Waals surface area contributed by atoms with Crippen LogP contribution >= 0.6 is 23.2 Å². The van der Waals surface area contributed by atoms with Crippen molar-refractivity contribution in [2.45, 2.75) is 0 Å². The third-order valence-electron chi connectivity index (χ3n) is 2.34. The number of rotatable bonds is 3. The van der Waals surface area contributed by atoms with Gasteiger partial charge in [0.05, 0.1) is 16.9 Å². The minimum absolute atomic E-state index is 0.416. The van der Waals surface area contributed by atoms with E-state index >= 15 is 0 Å². The van der Waals surface area contributed by atoms with Gasteiger partial charge in [-0.2, -0.15) is 0 Å². The third-order valence-corrected chi connectivity index (χ3v) is 3.02. The summed E-state index contributed by atoms with van der Waals surface area (Å²) in [4.78, 5) is 16.2. The molecular weight excluding hydrogens is 299 g/mol. The quantitative estimate of drug-likeness (QED) is 0.513. The molecule has 1 amide bonds. The molecule has 4 nitrogen and oxygen atoms in total. The van der Waals surface area contributed by atoms with E-state index in [9.17, 15) is 4.79 Å². The summed E-state index contributed by atoms with van der Waals surface area (Å²) in [6.45, 7) is 0. The summed E-state index contributed by atoms with van der Waals surface area (Å²) in [5.74, 6) is 0. The highest BCUT2D eigenvalue weighted by Gasteiger charge is 2.05. The molecule has 2 aromatic rings. The molecule has 0 aliphatic carbocycles. The molecule has 0 unspecified atom stereocenters. The van der Waals surface area contributed by atoms with Crippen molar-refractivity contribution in [3.8, 4) is 0 Å². The number of nitrogens with one attached hydrogen (secondary N) is 1. The summed E-state index contributed by atoms with van der Waals surface area (Å²) in [5.41, 5.74) is 1.10. The lowest BCUT2D eigenvalue weighted by Crippen LogP contribution is -2.11. The average molecular weight is 309 g/mol.